The summed E-state index contributed by atoms with van der Waals surface area (Å²) in [5.74, 6) is 1.88. The highest BCUT2D eigenvalue weighted by atomic mass is 19.1. The van der Waals surface area contributed by atoms with Gasteiger partial charge in [-0.1, -0.05) is 12.1 Å². The Morgan fingerprint density at radius 2 is 1.73 bits per heavy atom. The molecule has 0 unspecified atom stereocenters. The lowest BCUT2D eigenvalue weighted by molar-refractivity contribution is -0.116. The van der Waals surface area contributed by atoms with Crippen molar-refractivity contribution in [2.75, 3.05) is 24.9 Å². The number of rotatable bonds is 9. The Balaban J connectivity index is 1.39. The van der Waals surface area contributed by atoms with Crippen LogP contribution in [0.4, 0.5) is 15.9 Å². The second-order valence-corrected chi connectivity index (χ2v) is 7.23. The van der Waals surface area contributed by atoms with Crippen molar-refractivity contribution < 1.29 is 18.7 Å². The monoisotopic (exact) mass is 450 g/mol. The molecule has 2 N–H and O–H groups in total. The van der Waals surface area contributed by atoms with Crippen molar-refractivity contribution in [2.24, 2.45) is 0 Å². The highest BCUT2D eigenvalue weighted by Gasteiger charge is 2.12. The first-order valence-corrected chi connectivity index (χ1v) is 10.3. The van der Waals surface area contributed by atoms with E-state index in [4.69, 9.17) is 9.47 Å². The second-order valence-electron chi connectivity index (χ2n) is 7.23. The Hall–Kier alpha value is -4.21. The molecular weight excluding hydrogens is 427 g/mol. The van der Waals surface area contributed by atoms with Crippen LogP contribution in [-0.2, 0) is 17.8 Å². The zero-order valence-electron chi connectivity index (χ0n) is 18.2. The van der Waals surface area contributed by atoms with Gasteiger partial charge in [-0.25, -0.2) is 4.39 Å². The molecule has 0 aliphatic rings. The number of aryl methyl sites for hydroxylation is 1. The Morgan fingerprint density at radius 1 is 1.00 bits per heavy atom. The van der Waals surface area contributed by atoms with Gasteiger partial charge in [-0.3, -0.25) is 4.79 Å². The molecular formula is C23H23FN6O3. The number of carbonyl (C=O) groups excluding carboxylic acids is 1. The van der Waals surface area contributed by atoms with Crippen molar-refractivity contribution in [3.05, 3.63) is 71.8 Å². The molecule has 1 amide bonds. The van der Waals surface area contributed by atoms with Crippen LogP contribution in [0.2, 0.25) is 0 Å². The number of methoxy groups -OCH3 is 2. The van der Waals surface area contributed by atoms with Gasteiger partial charge in [0.25, 0.3) is 0 Å². The van der Waals surface area contributed by atoms with E-state index in [0.29, 0.717) is 47.4 Å². The van der Waals surface area contributed by atoms with Gasteiger partial charge in [0.2, 0.25) is 5.91 Å². The van der Waals surface area contributed by atoms with Crippen molar-refractivity contribution >= 4 is 23.1 Å². The summed E-state index contributed by atoms with van der Waals surface area (Å²) >= 11 is 0. The number of hydrogen-bond acceptors (Lipinski definition) is 7. The number of anilines is 2. The smallest absolute Gasteiger partial charge is 0.224 e. The lowest BCUT2D eigenvalue weighted by Crippen LogP contribution is -2.14. The van der Waals surface area contributed by atoms with Crippen LogP contribution in [0.25, 0.3) is 5.65 Å². The van der Waals surface area contributed by atoms with Gasteiger partial charge in [0.05, 0.1) is 14.2 Å². The third-order valence-electron chi connectivity index (χ3n) is 4.93. The lowest BCUT2D eigenvalue weighted by atomic mass is 10.2. The first kappa shape index (κ1) is 22.0. The van der Waals surface area contributed by atoms with E-state index in [1.165, 1.54) is 12.1 Å². The van der Waals surface area contributed by atoms with Gasteiger partial charge in [0, 0.05) is 43.3 Å². The van der Waals surface area contributed by atoms with E-state index in [1.807, 2.05) is 0 Å². The van der Waals surface area contributed by atoms with Crippen molar-refractivity contribution in [3.8, 4) is 11.5 Å². The minimum Gasteiger partial charge on any atom is -0.497 e. The number of carbonyl (C=O) groups is 1. The standard InChI is InChI=1S/C23H23FN6O3/c1-32-18-11-17(12-19(13-18)33-2)26-23(31)10-9-22-28-27-21-8-7-20(29-30(21)22)25-14-15-3-5-16(24)6-4-15/h3-8,11-13H,9-10,14H2,1-2H3,(H,25,29)(H,26,31). The van der Waals surface area contributed by atoms with E-state index >= 15 is 0 Å². The molecule has 2 aromatic carbocycles. The van der Waals surface area contributed by atoms with Crippen LogP contribution in [0.15, 0.2) is 54.6 Å². The summed E-state index contributed by atoms with van der Waals surface area (Å²) in [7, 11) is 3.10. The van der Waals surface area contributed by atoms with Crippen LogP contribution in [0.5, 0.6) is 11.5 Å². The zero-order valence-corrected chi connectivity index (χ0v) is 18.2. The average Bonchev–Trinajstić information content (AvgIpc) is 3.24. The fraction of sp³-hybridized carbons (Fsp3) is 0.217. The van der Waals surface area contributed by atoms with Gasteiger partial charge >= 0.3 is 0 Å². The molecule has 9 nitrogen and oxygen atoms in total. The molecule has 0 radical (unpaired) electrons. The summed E-state index contributed by atoms with van der Waals surface area (Å²) in [6, 6.07) is 15.0. The molecule has 0 aliphatic carbocycles. The quantitative estimate of drug-likeness (QED) is 0.403. The minimum atomic E-state index is -0.276. The molecule has 0 fully saturated rings. The van der Waals surface area contributed by atoms with E-state index in [-0.39, 0.29) is 18.1 Å². The summed E-state index contributed by atoms with van der Waals surface area (Å²) in [5.41, 5.74) is 2.08. The van der Waals surface area contributed by atoms with Crippen molar-refractivity contribution in [1.82, 2.24) is 19.8 Å². The highest BCUT2D eigenvalue weighted by molar-refractivity contribution is 5.91. The van der Waals surface area contributed by atoms with Gasteiger partial charge in [-0.2, -0.15) is 4.52 Å². The molecule has 2 aromatic heterocycles. The Bertz CT molecular complexity index is 1240. The molecule has 170 valence electrons. The predicted octanol–water partition coefficient (Wildman–Crippen LogP) is 3.46. The molecule has 0 aliphatic heterocycles. The number of nitrogens with zero attached hydrogens (tertiary/aromatic N) is 4. The summed E-state index contributed by atoms with van der Waals surface area (Å²) < 4.78 is 25.1. The molecule has 0 atom stereocenters. The lowest BCUT2D eigenvalue weighted by Gasteiger charge is -2.10. The van der Waals surface area contributed by atoms with E-state index in [1.54, 1.807) is 61.2 Å². The average molecular weight is 450 g/mol. The van der Waals surface area contributed by atoms with Crippen LogP contribution in [-0.4, -0.2) is 39.9 Å². The van der Waals surface area contributed by atoms with Crippen LogP contribution < -0.4 is 20.1 Å². The highest BCUT2D eigenvalue weighted by Crippen LogP contribution is 2.26. The van der Waals surface area contributed by atoms with Gasteiger partial charge in [0.15, 0.2) is 11.5 Å². The Labute approximate surface area is 189 Å². The first-order chi connectivity index (χ1) is 16.0. The van der Waals surface area contributed by atoms with Crippen LogP contribution in [0.1, 0.15) is 17.8 Å². The molecule has 4 rings (SSSR count). The maximum absolute atomic E-state index is 13.1. The number of aromatic nitrogens is 4. The number of amides is 1. The van der Waals surface area contributed by atoms with E-state index in [9.17, 15) is 9.18 Å². The molecule has 0 bridgehead atoms. The normalized spacial score (nSPS) is 10.8. The van der Waals surface area contributed by atoms with Crippen LogP contribution >= 0.6 is 0 Å². The SMILES string of the molecule is COc1cc(NC(=O)CCc2nnc3ccc(NCc4ccc(F)cc4)nn23)cc(OC)c1. The maximum atomic E-state index is 13.1. The molecule has 33 heavy (non-hydrogen) atoms. The summed E-state index contributed by atoms with van der Waals surface area (Å²) in [6.07, 6.45) is 0.539. The van der Waals surface area contributed by atoms with Crippen LogP contribution in [0, 0.1) is 5.82 Å². The third-order valence-corrected chi connectivity index (χ3v) is 4.93. The first-order valence-electron chi connectivity index (χ1n) is 10.3. The van der Waals surface area contributed by atoms with Crippen molar-refractivity contribution in [2.45, 2.75) is 19.4 Å². The van der Waals surface area contributed by atoms with Gasteiger partial charge in [0.1, 0.15) is 23.1 Å². The Kier molecular flexibility index (Phi) is 6.63. The largest absolute Gasteiger partial charge is 0.497 e. The number of fused-ring (bicyclic) bond motifs is 1. The number of hydrogen-bond donors (Lipinski definition) is 2. The molecule has 10 heteroatoms. The van der Waals surface area contributed by atoms with E-state index < -0.39 is 0 Å². The predicted molar refractivity (Wildman–Crippen MR) is 121 cm³/mol. The fourth-order valence-corrected chi connectivity index (χ4v) is 3.21. The number of halogens is 1. The maximum Gasteiger partial charge on any atom is 0.224 e. The second kappa shape index (κ2) is 9.94. The van der Waals surface area contributed by atoms with Crippen LogP contribution in [0.3, 0.4) is 0 Å². The number of ether oxygens (including phenoxy) is 2. The van der Waals surface area contributed by atoms with E-state index in [0.717, 1.165) is 5.56 Å². The van der Waals surface area contributed by atoms with Crippen molar-refractivity contribution in [3.63, 3.8) is 0 Å². The third kappa shape index (κ3) is 5.53. The molecule has 0 saturated heterocycles. The van der Waals surface area contributed by atoms with E-state index in [2.05, 4.69) is 25.9 Å². The van der Waals surface area contributed by atoms with Crippen molar-refractivity contribution in [1.29, 1.82) is 0 Å². The molecule has 2 heterocycles. The molecule has 0 spiro atoms. The minimum absolute atomic E-state index is 0.187. The summed E-state index contributed by atoms with van der Waals surface area (Å²) in [5, 5.41) is 18.8. The Morgan fingerprint density at radius 3 is 2.42 bits per heavy atom. The van der Waals surface area contributed by atoms with Gasteiger partial charge < -0.3 is 20.1 Å². The fourth-order valence-electron chi connectivity index (χ4n) is 3.21. The van der Waals surface area contributed by atoms with Gasteiger partial charge in [-0.15, -0.1) is 15.3 Å². The van der Waals surface area contributed by atoms with Gasteiger partial charge in [-0.05, 0) is 29.8 Å². The zero-order chi connectivity index (χ0) is 23.2. The summed E-state index contributed by atoms with van der Waals surface area (Å²) in [6.45, 7) is 0.489. The number of nitrogens with one attached hydrogen (secondary N) is 2. The molecule has 0 saturated carbocycles. The molecule has 4 aromatic rings. The number of benzene rings is 2. The topological polar surface area (TPSA) is 103 Å². The summed E-state index contributed by atoms with van der Waals surface area (Å²) in [4.78, 5) is 12.5.